The van der Waals surface area contributed by atoms with Gasteiger partial charge in [0.2, 0.25) is 0 Å². The fraction of sp³-hybridized carbons (Fsp3) is 0.400. The summed E-state index contributed by atoms with van der Waals surface area (Å²) in [6.07, 6.45) is 1.40. The molecule has 1 radical (unpaired) electrons. The number of benzene rings is 1. The number of hydrogen-bond donors (Lipinski definition) is 0. The smallest absolute Gasteiger partial charge is 0.412 e. The molecular formula is C10H17OSn. The van der Waals surface area contributed by atoms with Crippen LogP contribution in [0.15, 0.2) is 30.3 Å². The zero-order chi connectivity index (χ0) is 7.94. The quantitative estimate of drug-likeness (QED) is 0.589. The molecule has 67 valence electrons. The summed E-state index contributed by atoms with van der Waals surface area (Å²) in [6.45, 7) is 2.29. The molecule has 0 bridgehead atoms. The van der Waals surface area contributed by atoms with Gasteiger partial charge in [0.05, 0.1) is 0 Å². The molecule has 0 unspecified atom stereocenters. The molecule has 12 heavy (non-hydrogen) atoms. The molecule has 2 heteroatoms. The minimum Gasteiger partial charge on any atom is -0.412 e. The van der Waals surface area contributed by atoms with Crippen LogP contribution >= 0.6 is 0 Å². The molecule has 0 atom stereocenters. The Kier molecular flexibility index (Phi) is 7.61. The van der Waals surface area contributed by atoms with E-state index >= 15 is 0 Å². The second kappa shape index (κ2) is 7.62. The summed E-state index contributed by atoms with van der Waals surface area (Å²) in [6, 6.07) is 10.9. The molecule has 0 aliphatic heterocycles. The predicted molar refractivity (Wildman–Crippen MR) is 56.0 cm³/mol. The first-order valence-corrected chi connectivity index (χ1v) is 8.95. The van der Waals surface area contributed by atoms with Crippen molar-refractivity contribution in [1.82, 2.24) is 0 Å². The molecule has 0 aliphatic rings. The molecule has 1 rings (SSSR count). The molecule has 0 aromatic heterocycles. The first-order valence-electron chi connectivity index (χ1n) is 4.29. The van der Waals surface area contributed by atoms with E-state index in [0.29, 0.717) is 0 Å². The van der Waals surface area contributed by atoms with Gasteiger partial charge in [-0.2, -0.15) is 0 Å². The van der Waals surface area contributed by atoms with E-state index in [1.165, 1.54) is 10.9 Å². The summed E-state index contributed by atoms with van der Waals surface area (Å²) >= 11 is -0.199. The Hall–Kier alpha value is -0.0213. The molecule has 1 aromatic rings. The summed E-state index contributed by atoms with van der Waals surface area (Å²) in [5.74, 6) is 0. The second-order valence-electron chi connectivity index (χ2n) is 2.77. The monoisotopic (exact) mass is 273 g/mol. The summed E-state index contributed by atoms with van der Waals surface area (Å²) in [5, 5.41) is 0. The maximum Gasteiger partial charge on any atom is -0.412 e. The third-order valence-corrected chi connectivity index (χ3v) is 6.70. The van der Waals surface area contributed by atoms with Crippen molar-refractivity contribution < 1.29 is 5.48 Å². The Morgan fingerprint density at radius 3 is 2.42 bits per heavy atom. The van der Waals surface area contributed by atoms with Crippen LogP contribution in [0.1, 0.15) is 18.9 Å². The van der Waals surface area contributed by atoms with Crippen LogP contribution in [0.3, 0.4) is 0 Å². The van der Waals surface area contributed by atoms with Gasteiger partial charge in [0.25, 0.3) is 0 Å². The van der Waals surface area contributed by atoms with Gasteiger partial charge < -0.3 is 5.48 Å². The van der Waals surface area contributed by atoms with Gasteiger partial charge in [-0.25, -0.2) is 0 Å². The van der Waals surface area contributed by atoms with Gasteiger partial charge in [0.15, 0.2) is 0 Å². The van der Waals surface area contributed by atoms with E-state index in [0.717, 1.165) is 0 Å². The van der Waals surface area contributed by atoms with Gasteiger partial charge in [0, 0.05) is 0 Å². The summed E-state index contributed by atoms with van der Waals surface area (Å²) in [4.78, 5) is 0. The van der Waals surface area contributed by atoms with Gasteiger partial charge in [-0.1, -0.05) is 0 Å². The van der Waals surface area contributed by atoms with Crippen molar-refractivity contribution in [3.63, 3.8) is 0 Å². The maximum absolute atomic E-state index is 2.29. The van der Waals surface area contributed by atoms with Crippen LogP contribution in [-0.4, -0.2) is 26.6 Å². The fourth-order valence-electron chi connectivity index (χ4n) is 1.09. The van der Waals surface area contributed by atoms with Crippen LogP contribution in [0, 0.1) is 0 Å². The Morgan fingerprint density at radius 2 is 1.83 bits per heavy atom. The van der Waals surface area contributed by atoms with E-state index in [-0.39, 0.29) is 26.6 Å². The van der Waals surface area contributed by atoms with E-state index in [4.69, 9.17) is 0 Å². The van der Waals surface area contributed by atoms with Crippen molar-refractivity contribution in [3.8, 4) is 0 Å². The zero-order valence-electron chi connectivity index (χ0n) is 7.59. The molecule has 0 saturated carbocycles. The van der Waals surface area contributed by atoms with Crippen LogP contribution < -0.4 is 0 Å². The van der Waals surface area contributed by atoms with Gasteiger partial charge in [-0.15, -0.1) is 0 Å². The summed E-state index contributed by atoms with van der Waals surface area (Å²) in [5.41, 5.74) is 1.56. The van der Waals surface area contributed by atoms with E-state index < -0.39 is 0 Å². The molecule has 0 saturated heterocycles. The van der Waals surface area contributed by atoms with Crippen LogP contribution in [0.2, 0.25) is 4.44 Å². The molecule has 0 spiro atoms. The molecule has 0 aliphatic carbocycles. The SMILES string of the molecule is CC[CH2][SnH][CH2]c1ccccc1.O. The second-order valence-corrected chi connectivity index (χ2v) is 7.23. The molecule has 1 nitrogen and oxygen atoms in total. The standard InChI is InChI=1S/C7H7.C3H7.H2O.Sn.H/c1-7-5-3-2-4-6-7;1-3-2;;;/h2-6H,1H2;1,3H2,2H3;1H2;;. The van der Waals surface area contributed by atoms with Crippen LogP contribution in [0.4, 0.5) is 0 Å². The molecular weight excluding hydrogens is 255 g/mol. The van der Waals surface area contributed by atoms with E-state index in [9.17, 15) is 0 Å². The first kappa shape index (κ1) is 12.0. The Bertz CT molecular complexity index is 186. The average molecular weight is 272 g/mol. The minimum absolute atomic E-state index is 0. The van der Waals surface area contributed by atoms with Crippen LogP contribution in [0.5, 0.6) is 0 Å². The maximum atomic E-state index is 2.29. The van der Waals surface area contributed by atoms with E-state index in [1.54, 1.807) is 10.0 Å². The van der Waals surface area contributed by atoms with E-state index in [1.807, 2.05) is 0 Å². The van der Waals surface area contributed by atoms with Gasteiger partial charge in [-0.3, -0.25) is 0 Å². The van der Waals surface area contributed by atoms with Crippen LogP contribution in [0.25, 0.3) is 0 Å². The fourth-order valence-corrected chi connectivity index (χ4v) is 4.56. The third-order valence-electron chi connectivity index (χ3n) is 1.72. The molecule has 0 fully saturated rings. The van der Waals surface area contributed by atoms with Crippen molar-refractivity contribution in [3.05, 3.63) is 35.9 Å². The molecule has 0 amide bonds. The topological polar surface area (TPSA) is 31.5 Å². The van der Waals surface area contributed by atoms with Gasteiger partial charge in [-0.05, 0) is 0 Å². The minimum atomic E-state index is -0.199. The zero-order valence-corrected chi connectivity index (χ0v) is 10.9. The Balaban J connectivity index is 0.00000121. The molecule has 2 N–H and O–H groups in total. The van der Waals surface area contributed by atoms with Crippen molar-refractivity contribution in [1.29, 1.82) is 0 Å². The van der Waals surface area contributed by atoms with Crippen molar-refractivity contribution >= 4 is 21.1 Å². The predicted octanol–water partition coefficient (Wildman–Crippen LogP) is 1.63. The number of rotatable bonds is 4. The van der Waals surface area contributed by atoms with Crippen molar-refractivity contribution in [2.45, 2.75) is 22.2 Å². The Labute approximate surface area is 84.7 Å². The Morgan fingerprint density at radius 1 is 1.17 bits per heavy atom. The van der Waals surface area contributed by atoms with Crippen LogP contribution in [-0.2, 0) is 4.44 Å². The third kappa shape index (κ3) is 4.78. The normalized spacial score (nSPS) is 9.08. The van der Waals surface area contributed by atoms with Crippen molar-refractivity contribution in [2.75, 3.05) is 0 Å². The first-order chi connectivity index (χ1) is 5.43. The van der Waals surface area contributed by atoms with Gasteiger partial charge in [0.1, 0.15) is 0 Å². The molecule has 1 aromatic carbocycles. The van der Waals surface area contributed by atoms with E-state index in [2.05, 4.69) is 37.3 Å². The summed E-state index contributed by atoms with van der Waals surface area (Å²) < 4.78 is 2.98. The van der Waals surface area contributed by atoms with Gasteiger partial charge >= 0.3 is 79.3 Å². The molecule has 0 heterocycles. The largest absolute Gasteiger partial charge is 0.412 e. The number of hydrogen-bond acceptors (Lipinski definition) is 0. The summed E-state index contributed by atoms with van der Waals surface area (Å²) in [7, 11) is 0. The average Bonchev–Trinajstić information content (AvgIpc) is 2.07. The van der Waals surface area contributed by atoms with Crippen molar-refractivity contribution in [2.24, 2.45) is 0 Å².